The van der Waals surface area contributed by atoms with Crippen LogP contribution >= 0.6 is 0 Å². The number of ether oxygens (including phenoxy) is 1. The standard InChI is InChI=1S/C26H31N5O3S/c1-29-17-22(14-27-29)35(32,33)28-20-15-31(16-20)21-8-9-26-24(13-21)23(12-19-6-3-2-4-7-19)25(18-34-26)30-10-5-11-30/h2-4,6-9,13-14,17,20,23,25,28H,5,10-12,15-16,18H2,1H3. The van der Waals surface area contributed by atoms with E-state index in [9.17, 15) is 8.42 Å². The van der Waals surface area contributed by atoms with Crippen molar-refractivity contribution in [3.8, 4) is 5.75 Å². The van der Waals surface area contributed by atoms with E-state index in [1.54, 1.807) is 7.05 Å². The molecule has 2 fully saturated rings. The third-order valence-electron chi connectivity index (χ3n) is 7.49. The van der Waals surface area contributed by atoms with E-state index < -0.39 is 10.0 Å². The SMILES string of the molecule is Cn1cc(S(=O)(=O)NC2CN(c3ccc4c(c3)C(Cc3ccccc3)C(N3CCC3)CO4)C2)cn1. The summed E-state index contributed by atoms with van der Waals surface area (Å²) in [5.74, 6) is 1.34. The van der Waals surface area contributed by atoms with Crippen LogP contribution in [0.2, 0.25) is 0 Å². The highest BCUT2D eigenvalue weighted by molar-refractivity contribution is 7.89. The van der Waals surface area contributed by atoms with Gasteiger partial charge in [-0.3, -0.25) is 9.58 Å². The zero-order chi connectivity index (χ0) is 24.0. The molecule has 2 saturated heterocycles. The van der Waals surface area contributed by atoms with Gasteiger partial charge in [0.2, 0.25) is 10.0 Å². The third kappa shape index (κ3) is 4.44. The summed E-state index contributed by atoms with van der Waals surface area (Å²) in [7, 11) is -1.85. The maximum Gasteiger partial charge on any atom is 0.244 e. The van der Waals surface area contributed by atoms with Crippen LogP contribution in [-0.2, 0) is 23.5 Å². The number of aromatic nitrogens is 2. The average molecular weight is 494 g/mol. The molecule has 1 aromatic heterocycles. The van der Waals surface area contributed by atoms with Crippen molar-refractivity contribution in [3.63, 3.8) is 0 Å². The van der Waals surface area contributed by atoms with E-state index in [4.69, 9.17) is 4.74 Å². The van der Waals surface area contributed by atoms with Gasteiger partial charge >= 0.3 is 0 Å². The van der Waals surface area contributed by atoms with Crippen molar-refractivity contribution in [2.24, 2.45) is 7.05 Å². The van der Waals surface area contributed by atoms with Crippen LogP contribution < -0.4 is 14.4 Å². The summed E-state index contributed by atoms with van der Waals surface area (Å²) >= 11 is 0. The predicted molar refractivity (Wildman–Crippen MR) is 134 cm³/mol. The van der Waals surface area contributed by atoms with Crippen molar-refractivity contribution in [3.05, 3.63) is 72.1 Å². The second-order valence-corrected chi connectivity index (χ2v) is 11.6. The van der Waals surface area contributed by atoms with Gasteiger partial charge in [-0.25, -0.2) is 13.1 Å². The van der Waals surface area contributed by atoms with Crippen LogP contribution in [0.1, 0.15) is 23.5 Å². The van der Waals surface area contributed by atoms with E-state index in [1.165, 1.54) is 34.6 Å². The van der Waals surface area contributed by atoms with Gasteiger partial charge in [0.05, 0.1) is 18.3 Å². The van der Waals surface area contributed by atoms with E-state index in [2.05, 4.69) is 68.2 Å². The second-order valence-electron chi connectivity index (χ2n) is 9.86. The highest BCUT2D eigenvalue weighted by Crippen LogP contribution is 2.41. The van der Waals surface area contributed by atoms with Crippen molar-refractivity contribution >= 4 is 15.7 Å². The zero-order valence-electron chi connectivity index (χ0n) is 19.9. The van der Waals surface area contributed by atoms with E-state index in [0.29, 0.717) is 25.0 Å². The van der Waals surface area contributed by atoms with Gasteiger partial charge in [-0.05, 0) is 49.7 Å². The number of rotatable bonds is 7. The van der Waals surface area contributed by atoms with Gasteiger partial charge in [0.1, 0.15) is 17.3 Å². The smallest absolute Gasteiger partial charge is 0.244 e. The second kappa shape index (κ2) is 8.96. The van der Waals surface area contributed by atoms with Crippen molar-refractivity contribution in [2.75, 3.05) is 37.7 Å². The van der Waals surface area contributed by atoms with Crippen LogP contribution in [0.25, 0.3) is 0 Å². The van der Waals surface area contributed by atoms with Crippen LogP contribution in [0.15, 0.2) is 65.8 Å². The highest BCUT2D eigenvalue weighted by Gasteiger charge is 2.38. The molecule has 184 valence electrons. The lowest BCUT2D eigenvalue weighted by Gasteiger charge is -2.46. The molecule has 4 heterocycles. The van der Waals surface area contributed by atoms with E-state index in [1.807, 2.05) is 0 Å². The van der Waals surface area contributed by atoms with E-state index >= 15 is 0 Å². The first-order valence-electron chi connectivity index (χ1n) is 12.3. The first kappa shape index (κ1) is 22.6. The fourth-order valence-corrected chi connectivity index (χ4v) is 6.59. The summed E-state index contributed by atoms with van der Waals surface area (Å²) in [5, 5.41) is 3.97. The maximum absolute atomic E-state index is 12.6. The predicted octanol–water partition coefficient (Wildman–Crippen LogP) is 2.38. The summed E-state index contributed by atoms with van der Waals surface area (Å²) in [6.45, 7) is 4.28. The van der Waals surface area contributed by atoms with Crippen LogP contribution in [-0.4, -0.2) is 68.0 Å². The Balaban J connectivity index is 1.19. The van der Waals surface area contributed by atoms with Crippen LogP contribution in [0.4, 0.5) is 5.69 Å². The molecule has 9 heteroatoms. The Labute approximate surface area is 206 Å². The van der Waals surface area contributed by atoms with Crippen molar-refractivity contribution < 1.29 is 13.2 Å². The topological polar surface area (TPSA) is 79.7 Å². The molecule has 6 rings (SSSR count). The molecule has 0 amide bonds. The number of sulfonamides is 1. The summed E-state index contributed by atoms with van der Waals surface area (Å²) < 4.78 is 35.8. The summed E-state index contributed by atoms with van der Waals surface area (Å²) in [6.07, 6.45) is 5.13. The Morgan fingerprint density at radius 2 is 1.91 bits per heavy atom. The van der Waals surface area contributed by atoms with Gasteiger partial charge in [-0.2, -0.15) is 5.10 Å². The van der Waals surface area contributed by atoms with Crippen LogP contribution in [0.5, 0.6) is 5.75 Å². The van der Waals surface area contributed by atoms with Gasteiger partial charge in [-0.1, -0.05) is 30.3 Å². The van der Waals surface area contributed by atoms with Crippen molar-refractivity contribution in [1.82, 2.24) is 19.4 Å². The Morgan fingerprint density at radius 3 is 2.60 bits per heavy atom. The van der Waals surface area contributed by atoms with Gasteiger partial charge in [-0.15, -0.1) is 0 Å². The number of hydrogen-bond acceptors (Lipinski definition) is 6. The lowest BCUT2D eigenvalue weighted by atomic mass is 9.82. The molecular weight excluding hydrogens is 462 g/mol. The molecule has 3 aliphatic heterocycles. The van der Waals surface area contributed by atoms with Gasteiger partial charge in [0, 0.05) is 43.5 Å². The summed E-state index contributed by atoms with van der Waals surface area (Å²) in [4.78, 5) is 4.98. The molecule has 8 nitrogen and oxygen atoms in total. The normalized spacial score (nSPS) is 22.7. The quantitative estimate of drug-likeness (QED) is 0.545. The number of likely N-dealkylation sites (tertiary alicyclic amines) is 1. The van der Waals surface area contributed by atoms with E-state index in [0.717, 1.165) is 37.6 Å². The van der Waals surface area contributed by atoms with Crippen LogP contribution in [0, 0.1) is 0 Å². The number of anilines is 1. The molecule has 1 N–H and O–H groups in total. The van der Waals surface area contributed by atoms with Crippen LogP contribution in [0.3, 0.4) is 0 Å². The third-order valence-corrected chi connectivity index (χ3v) is 8.96. The summed E-state index contributed by atoms with van der Waals surface area (Å²) in [6, 6.07) is 17.4. The number of fused-ring (bicyclic) bond motifs is 1. The highest BCUT2D eigenvalue weighted by atomic mass is 32.2. The first-order chi connectivity index (χ1) is 17.0. The molecule has 0 bridgehead atoms. The molecule has 3 aliphatic rings. The van der Waals surface area contributed by atoms with Gasteiger partial charge in [0.25, 0.3) is 0 Å². The lowest BCUT2D eigenvalue weighted by molar-refractivity contribution is 0.0502. The van der Waals surface area contributed by atoms with Gasteiger partial charge in [0.15, 0.2) is 0 Å². The number of aryl methyl sites for hydroxylation is 1. The number of benzene rings is 2. The molecule has 0 spiro atoms. The molecule has 35 heavy (non-hydrogen) atoms. The summed E-state index contributed by atoms with van der Waals surface area (Å²) in [5.41, 5.74) is 3.72. The Morgan fingerprint density at radius 1 is 1.11 bits per heavy atom. The van der Waals surface area contributed by atoms with Crippen molar-refractivity contribution in [2.45, 2.75) is 35.7 Å². The minimum Gasteiger partial charge on any atom is -0.492 e. The molecule has 0 radical (unpaired) electrons. The van der Waals surface area contributed by atoms with Gasteiger partial charge < -0.3 is 9.64 Å². The minimum absolute atomic E-state index is 0.124. The Bertz CT molecular complexity index is 1300. The molecule has 2 aromatic carbocycles. The minimum atomic E-state index is -3.56. The fraction of sp³-hybridized carbons (Fsp3) is 0.423. The Hall–Kier alpha value is -2.88. The number of nitrogens with zero attached hydrogens (tertiary/aromatic N) is 4. The monoisotopic (exact) mass is 493 g/mol. The maximum atomic E-state index is 12.6. The lowest BCUT2D eigenvalue weighted by Crippen LogP contribution is -2.59. The molecule has 2 unspecified atom stereocenters. The Kier molecular flexibility index (Phi) is 5.78. The van der Waals surface area contributed by atoms with E-state index in [-0.39, 0.29) is 10.9 Å². The number of hydrogen-bond donors (Lipinski definition) is 1. The molecule has 2 atom stereocenters. The largest absolute Gasteiger partial charge is 0.492 e. The zero-order valence-corrected chi connectivity index (χ0v) is 20.7. The molecule has 0 aliphatic carbocycles. The fourth-order valence-electron chi connectivity index (χ4n) is 5.39. The van der Waals surface area contributed by atoms with Crippen molar-refractivity contribution in [1.29, 1.82) is 0 Å². The molecule has 0 saturated carbocycles. The molecule has 3 aromatic rings. The first-order valence-corrected chi connectivity index (χ1v) is 13.8. The average Bonchev–Trinajstić information content (AvgIpc) is 3.24. The number of nitrogens with one attached hydrogen (secondary N) is 1. The molecular formula is C26H31N5O3S.